The third-order valence-corrected chi connectivity index (χ3v) is 5.78. The molecule has 0 bridgehead atoms. The average Bonchev–Trinajstić information content (AvgIpc) is 3.57. The Morgan fingerprint density at radius 1 is 1.00 bits per heavy atom. The number of halogens is 3. The largest absolute Gasteiger partial charge is 0.457 e. The normalized spacial score (nSPS) is 14.1. The second-order valence-electron chi connectivity index (χ2n) is 8.48. The van der Waals surface area contributed by atoms with Gasteiger partial charge in [0, 0.05) is 11.8 Å². The standard InChI is InChI=1S/C25H21F3N8O5/c1-40-24(38)34-22-32-19-11-17(7-9-21(19)36(22)39)41-16-5-3-15(4-6-16)31-23(37)33-18-10-14(25(26,27)28)2-8-20(18)35-13-29-12-30-35/h2-13,22,32,39H,1H3,(H,34,38)(H2,31,33,37). The van der Waals surface area contributed by atoms with E-state index in [0.717, 1.165) is 17.2 Å². The molecule has 0 fully saturated rings. The first-order valence-corrected chi connectivity index (χ1v) is 11.8. The zero-order chi connectivity index (χ0) is 29.1. The fourth-order valence-electron chi connectivity index (χ4n) is 3.88. The van der Waals surface area contributed by atoms with E-state index in [4.69, 9.17) is 4.74 Å². The maximum atomic E-state index is 13.3. The number of alkyl carbamates (subject to hydrolysis) is 1. The Morgan fingerprint density at radius 3 is 2.41 bits per heavy atom. The van der Waals surface area contributed by atoms with Gasteiger partial charge >= 0.3 is 18.3 Å². The lowest BCUT2D eigenvalue weighted by atomic mass is 10.1. The molecular formula is C25H21F3N8O5. The topological polar surface area (TPSA) is 155 Å². The minimum Gasteiger partial charge on any atom is -0.457 e. The molecule has 0 saturated carbocycles. The van der Waals surface area contributed by atoms with Gasteiger partial charge in [0.2, 0.25) is 6.29 Å². The van der Waals surface area contributed by atoms with Crippen molar-refractivity contribution >= 4 is 34.9 Å². The number of hydrogen-bond donors (Lipinski definition) is 5. The Bertz CT molecular complexity index is 1560. The highest BCUT2D eigenvalue weighted by Gasteiger charge is 2.32. The van der Waals surface area contributed by atoms with Crippen LogP contribution in [0.1, 0.15) is 5.56 Å². The van der Waals surface area contributed by atoms with Crippen molar-refractivity contribution < 1.29 is 37.4 Å². The minimum atomic E-state index is -4.61. The van der Waals surface area contributed by atoms with E-state index in [9.17, 15) is 28.0 Å². The molecule has 3 amide bonds. The number of rotatable bonds is 6. The highest BCUT2D eigenvalue weighted by molar-refractivity contribution is 6.01. The van der Waals surface area contributed by atoms with Gasteiger partial charge in [-0.05, 0) is 54.6 Å². The van der Waals surface area contributed by atoms with Crippen LogP contribution >= 0.6 is 0 Å². The van der Waals surface area contributed by atoms with E-state index < -0.39 is 30.2 Å². The highest BCUT2D eigenvalue weighted by atomic mass is 19.4. The zero-order valence-corrected chi connectivity index (χ0v) is 21.0. The smallest absolute Gasteiger partial charge is 0.416 e. The quantitative estimate of drug-likeness (QED) is 0.216. The summed E-state index contributed by atoms with van der Waals surface area (Å²) in [6.45, 7) is 0. The minimum absolute atomic E-state index is 0.126. The van der Waals surface area contributed by atoms with Crippen LogP contribution in [-0.4, -0.2) is 45.5 Å². The Morgan fingerprint density at radius 2 is 1.73 bits per heavy atom. The van der Waals surface area contributed by atoms with Crippen LogP contribution in [0, 0.1) is 0 Å². The van der Waals surface area contributed by atoms with Crippen molar-refractivity contribution in [1.82, 2.24) is 20.1 Å². The number of carbonyl (C=O) groups is 2. The summed E-state index contributed by atoms with van der Waals surface area (Å²) in [6, 6.07) is 13.1. The summed E-state index contributed by atoms with van der Waals surface area (Å²) in [6.07, 6.45) is -3.78. The number of methoxy groups -OCH3 is 1. The molecule has 2 heterocycles. The number of hydrogen-bond acceptors (Lipinski definition) is 9. The number of ether oxygens (including phenoxy) is 2. The first kappa shape index (κ1) is 27.1. The van der Waals surface area contributed by atoms with Gasteiger partial charge in [-0.3, -0.25) is 10.5 Å². The van der Waals surface area contributed by atoms with E-state index in [1.807, 2.05) is 0 Å². The van der Waals surface area contributed by atoms with Gasteiger partial charge in [-0.2, -0.15) is 18.3 Å². The number of nitrogens with zero attached hydrogens (tertiary/aromatic N) is 4. The molecule has 212 valence electrons. The maximum Gasteiger partial charge on any atom is 0.416 e. The zero-order valence-electron chi connectivity index (χ0n) is 21.0. The highest BCUT2D eigenvalue weighted by Crippen LogP contribution is 2.37. The van der Waals surface area contributed by atoms with Crippen molar-refractivity contribution in [3.8, 4) is 17.2 Å². The van der Waals surface area contributed by atoms with Gasteiger partial charge in [-0.25, -0.2) is 24.3 Å². The number of benzene rings is 3. The predicted molar refractivity (Wildman–Crippen MR) is 139 cm³/mol. The molecule has 1 aromatic heterocycles. The van der Waals surface area contributed by atoms with Gasteiger partial charge in [0.1, 0.15) is 24.2 Å². The predicted octanol–water partition coefficient (Wildman–Crippen LogP) is 4.98. The molecule has 0 radical (unpaired) electrons. The summed E-state index contributed by atoms with van der Waals surface area (Å²) >= 11 is 0. The van der Waals surface area contributed by atoms with Crippen LogP contribution in [0.2, 0.25) is 0 Å². The lowest BCUT2D eigenvalue weighted by Gasteiger charge is -2.19. The molecule has 0 aliphatic carbocycles. The Hall–Kier alpha value is -5.51. The molecule has 0 saturated heterocycles. The SMILES string of the molecule is COC(=O)NC1Nc2cc(Oc3ccc(NC(=O)Nc4cc(C(F)(F)F)ccc4-n4cncn4)cc3)ccc2N1O. The summed E-state index contributed by atoms with van der Waals surface area (Å²) in [5.41, 5.74) is 0.348. The molecule has 5 N–H and O–H groups in total. The number of hydroxylamine groups is 1. The third-order valence-electron chi connectivity index (χ3n) is 5.78. The molecular weight excluding hydrogens is 549 g/mol. The summed E-state index contributed by atoms with van der Waals surface area (Å²) in [5.74, 6) is 0.817. The number of amides is 3. The average molecular weight is 570 g/mol. The second kappa shape index (κ2) is 10.9. The molecule has 3 aromatic carbocycles. The van der Waals surface area contributed by atoms with Gasteiger partial charge in [0.15, 0.2) is 0 Å². The molecule has 1 aliphatic heterocycles. The molecule has 13 nitrogen and oxygen atoms in total. The Kier molecular flexibility index (Phi) is 7.22. The lowest BCUT2D eigenvalue weighted by Crippen LogP contribution is -2.48. The fourth-order valence-corrected chi connectivity index (χ4v) is 3.88. The van der Waals surface area contributed by atoms with Crippen molar-refractivity contribution in [3.63, 3.8) is 0 Å². The van der Waals surface area contributed by atoms with Crippen molar-refractivity contribution in [2.24, 2.45) is 0 Å². The Balaban J connectivity index is 1.24. The van der Waals surface area contributed by atoms with E-state index in [-0.39, 0.29) is 11.4 Å². The van der Waals surface area contributed by atoms with E-state index >= 15 is 0 Å². The number of aromatic nitrogens is 3. The first-order chi connectivity index (χ1) is 19.6. The van der Waals surface area contributed by atoms with E-state index in [1.165, 1.54) is 42.6 Å². The van der Waals surface area contributed by atoms with Crippen LogP contribution < -0.4 is 31.1 Å². The number of urea groups is 1. The number of alkyl halides is 3. The van der Waals surface area contributed by atoms with Gasteiger partial charge in [0.25, 0.3) is 0 Å². The molecule has 1 aliphatic rings. The Labute approximate surface area is 229 Å². The molecule has 5 rings (SSSR count). The van der Waals surface area contributed by atoms with Crippen molar-refractivity contribution in [2.75, 3.05) is 28.1 Å². The summed E-state index contributed by atoms with van der Waals surface area (Å²) < 4.78 is 51.4. The lowest BCUT2D eigenvalue weighted by molar-refractivity contribution is -0.137. The number of anilines is 4. The van der Waals surface area contributed by atoms with E-state index in [0.29, 0.717) is 28.6 Å². The first-order valence-electron chi connectivity index (χ1n) is 11.8. The van der Waals surface area contributed by atoms with Gasteiger partial charge in [0.05, 0.1) is 35.4 Å². The van der Waals surface area contributed by atoms with Crippen molar-refractivity contribution in [3.05, 3.63) is 78.9 Å². The van der Waals surface area contributed by atoms with Crippen LogP contribution in [0.3, 0.4) is 0 Å². The van der Waals surface area contributed by atoms with Crippen LogP contribution in [0.15, 0.2) is 73.3 Å². The fraction of sp³-hybridized carbons (Fsp3) is 0.120. The molecule has 4 aromatic rings. The van der Waals surface area contributed by atoms with Crippen LogP contribution in [0.4, 0.5) is 45.5 Å². The monoisotopic (exact) mass is 570 g/mol. The van der Waals surface area contributed by atoms with Gasteiger partial charge < -0.3 is 25.4 Å². The van der Waals surface area contributed by atoms with Gasteiger partial charge in [-0.1, -0.05) is 0 Å². The molecule has 1 atom stereocenters. The molecule has 0 spiro atoms. The molecule has 41 heavy (non-hydrogen) atoms. The molecule has 16 heteroatoms. The van der Waals surface area contributed by atoms with Crippen molar-refractivity contribution in [1.29, 1.82) is 0 Å². The van der Waals surface area contributed by atoms with Crippen LogP contribution in [0.25, 0.3) is 5.69 Å². The summed E-state index contributed by atoms with van der Waals surface area (Å²) in [7, 11) is 1.20. The van der Waals surface area contributed by atoms with E-state index in [2.05, 4.69) is 36.1 Å². The summed E-state index contributed by atoms with van der Waals surface area (Å²) in [4.78, 5) is 27.9. The maximum absolute atomic E-state index is 13.3. The summed E-state index contributed by atoms with van der Waals surface area (Å²) in [5, 5.41) is 25.3. The van der Waals surface area contributed by atoms with Crippen molar-refractivity contribution in [2.45, 2.75) is 12.5 Å². The number of fused-ring (bicyclic) bond motifs is 1. The third kappa shape index (κ3) is 6.06. The van der Waals surface area contributed by atoms with Gasteiger partial charge in [-0.15, -0.1) is 0 Å². The van der Waals surface area contributed by atoms with E-state index in [1.54, 1.807) is 30.3 Å². The van der Waals surface area contributed by atoms with Crippen LogP contribution in [-0.2, 0) is 10.9 Å². The number of nitrogens with one attached hydrogen (secondary N) is 4. The van der Waals surface area contributed by atoms with Crippen LogP contribution in [0.5, 0.6) is 11.5 Å². The number of carbonyl (C=O) groups excluding carboxylic acids is 2. The second-order valence-corrected chi connectivity index (χ2v) is 8.48. The molecule has 1 unspecified atom stereocenters.